The molecule has 19 heavy (non-hydrogen) atoms. The van der Waals surface area contributed by atoms with Gasteiger partial charge in [0.25, 0.3) is 5.69 Å². The SMILES string of the molecule is Nc1cccc(COc2ccc([N+](=O)[O-])cc2F)n1. The van der Waals surface area contributed by atoms with Gasteiger partial charge in [-0.3, -0.25) is 10.1 Å². The lowest BCUT2D eigenvalue weighted by atomic mass is 10.3. The number of aromatic nitrogens is 1. The van der Waals surface area contributed by atoms with Crippen LogP contribution >= 0.6 is 0 Å². The van der Waals surface area contributed by atoms with Gasteiger partial charge in [-0.2, -0.15) is 0 Å². The van der Waals surface area contributed by atoms with E-state index in [1.165, 1.54) is 12.1 Å². The Morgan fingerprint density at radius 3 is 2.79 bits per heavy atom. The molecule has 98 valence electrons. The van der Waals surface area contributed by atoms with Gasteiger partial charge < -0.3 is 10.5 Å². The van der Waals surface area contributed by atoms with Crippen molar-refractivity contribution < 1.29 is 14.1 Å². The molecule has 6 nitrogen and oxygen atoms in total. The van der Waals surface area contributed by atoms with Crippen molar-refractivity contribution in [1.29, 1.82) is 0 Å². The van der Waals surface area contributed by atoms with Crippen LogP contribution in [0.15, 0.2) is 36.4 Å². The van der Waals surface area contributed by atoms with E-state index in [2.05, 4.69) is 4.98 Å². The molecule has 1 heterocycles. The topological polar surface area (TPSA) is 91.3 Å². The first-order valence-corrected chi connectivity index (χ1v) is 5.34. The van der Waals surface area contributed by atoms with E-state index in [0.717, 1.165) is 6.07 Å². The number of ether oxygens (including phenoxy) is 1. The molecule has 2 aromatic rings. The highest BCUT2D eigenvalue weighted by atomic mass is 19.1. The number of nitrogens with zero attached hydrogens (tertiary/aromatic N) is 2. The van der Waals surface area contributed by atoms with Crippen LogP contribution in [0.2, 0.25) is 0 Å². The van der Waals surface area contributed by atoms with Gasteiger partial charge in [-0.05, 0) is 18.2 Å². The maximum absolute atomic E-state index is 13.5. The lowest BCUT2D eigenvalue weighted by Crippen LogP contribution is -2.02. The second-order valence-corrected chi connectivity index (χ2v) is 3.71. The molecule has 0 bridgehead atoms. The zero-order valence-corrected chi connectivity index (χ0v) is 9.75. The molecule has 1 aromatic heterocycles. The molecule has 0 radical (unpaired) electrons. The van der Waals surface area contributed by atoms with Crippen LogP contribution in [0.3, 0.4) is 0 Å². The number of benzene rings is 1. The van der Waals surface area contributed by atoms with E-state index in [4.69, 9.17) is 10.5 Å². The van der Waals surface area contributed by atoms with Crippen molar-refractivity contribution in [3.05, 3.63) is 58.0 Å². The maximum Gasteiger partial charge on any atom is 0.272 e. The normalized spacial score (nSPS) is 10.2. The molecule has 7 heteroatoms. The van der Waals surface area contributed by atoms with E-state index in [9.17, 15) is 14.5 Å². The molecular weight excluding hydrogens is 253 g/mol. The Bertz CT molecular complexity index is 619. The van der Waals surface area contributed by atoms with E-state index < -0.39 is 10.7 Å². The van der Waals surface area contributed by atoms with E-state index in [1.54, 1.807) is 18.2 Å². The van der Waals surface area contributed by atoms with E-state index in [0.29, 0.717) is 11.5 Å². The number of nitrogens with two attached hydrogens (primary N) is 1. The number of anilines is 1. The van der Waals surface area contributed by atoms with Crippen molar-refractivity contribution in [1.82, 2.24) is 4.98 Å². The van der Waals surface area contributed by atoms with E-state index >= 15 is 0 Å². The Kier molecular flexibility index (Phi) is 3.56. The maximum atomic E-state index is 13.5. The Hall–Kier alpha value is -2.70. The third-order valence-electron chi connectivity index (χ3n) is 2.33. The summed E-state index contributed by atoms with van der Waals surface area (Å²) in [6.45, 7) is 0.0276. The summed E-state index contributed by atoms with van der Waals surface area (Å²) < 4.78 is 18.7. The molecule has 0 spiro atoms. The van der Waals surface area contributed by atoms with Crippen molar-refractivity contribution in [3.8, 4) is 5.75 Å². The van der Waals surface area contributed by atoms with Crippen LogP contribution in [0.25, 0.3) is 0 Å². The van der Waals surface area contributed by atoms with Gasteiger partial charge >= 0.3 is 0 Å². The van der Waals surface area contributed by atoms with Crippen LogP contribution in [-0.2, 0) is 6.61 Å². The molecule has 0 aliphatic rings. The van der Waals surface area contributed by atoms with Crippen molar-refractivity contribution in [2.24, 2.45) is 0 Å². The minimum atomic E-state index is -0.793. The first-order valence-electron chi connectivity index (χ1n) is 5.34. The second kappa shape index (κ2) is 5.30. The predicted octanol–water partition coefficient (Wildman–Crippen LogP) is 2.29. The lowest BCUT2D eigenvalue weighted by Gasteiger charge is -2.06. The summed E-state index contributed by atoms with van der Waals surface area (Å²) >= 11 is 0. The molecule has 2 rings (SSSR count). The summed E-state index contributed by atoms with van der Waals surface area (Å²) in [5.74, 6) is -0.529. The van der Waals surface area contributed by atoms with Crippen molar-refractivity contribution >= 4 is 11.5 Å². The van der Waals surface area contributed by atoms with Crippen LogP contribution in [0.5, 0.6) is 5.75 Å². The van der Waals surface area contributed by atoms with Crippen LogP contribution < -0.4 is 10.5 Å². The fourth-order valence-corrected chi connectivity index (χ4v) is 1.45. The summed E-state index contributed by atoms with van der Waals surface area (Å²) in [5.41, 5.74) is 5.71. The van der Waals surface area contributed by atoms with E-state index in [1.807, 2.05) is 0 Å². The number of nitro benzene ring substituents is 1. The highest BCUT2D eigenvalue weighted by Gasteiger charge is 2.11. The van der Waals surface area contributed by atoms with Crippen LogP contribution in [0, 0.1) is 15.9 Å². The first kappa shape index (κ1) is 12.7. The van der Waals surface area contributed by atoms with Crippen LogP contribution in [0.4, 0.5) is 15.9 Å². The Morgan fingerprint density at radius 2 is 2.16 bits per heavy atom. The monoisotopic (exact) mass is 263 g/mol. The number of rotatable bonds is 4. The highest BCUT2D eigenvalue weighted by Crippen LogP contribution is 2.23. The summed E-state index contributed by atoms with van der Waals surface area (Å²) in [6.07, 6.45) is 0. The van der Waals surface area contributed by atoms with Crippen molar-refractivity contribution in [2.45, 2.75) is 6.61 Å². The summed E-state index contributed by atoms with van der Waals surface area (Å²) in [4.78, 5) is 13.8. The van der Waals surface area contributed by atoms with Crippen molar-refractivity contribution in [3.63, 3.8) is 0 Å². The van der Waals surface area contributed by atoms with Gasteiger partial charge in [-0.15, -0.1) is 0 Å². The van der Waals surface area contributed by atoms with Gasteiger partial charge in [0.2, 0.25) is 0 Å². The number of halogens is 1. The van der Waals surface area contributed by atoms with Gasteiger partial charge in [-0.25, -0.2) is 9.37 Å². The zero-order valence-electron chi connectivity index (χ0n) is 9.75. The number of hydrogen-bond acceptors (Lipinski definition) is 5. The van der Waals surface area contributed by atoms with Gasteiger partial charge in [0.1, 0.15) is 12.4 Å². The second-order valence-electron chi connectivity index (χ2n) is 3.71. The largest absolute Gasteiger partial charge is 0.484 e. The smallest absolute Gasteiger partial charge is 0.272 e. The number of nitrogen functional groups attached to an aromatic ring is 1. The summed E-state index contributed by atoms with van der Waals surface area (Å²) in [7, 11) is 0. The number of non-ortho nitro benzene ring substituents is 1. The van der Waals surface area contributed by atoms with Gasteiger partial charge in [0.05, 0.1) is 16.7 Å². The molecule has 2 N–H and O–H groups in total. The van der Waals surface area contributed by atoms with Crippen LogP contribution in [-0.4, -0.2) is 9.91 Å². The molecule has 0 saturated carbocycles. The molecule has 1 aromatic carbocycles. The van der Waals surface area contributed by atoms with Crippen LogP contribution in [0.1, 0.15) is 5.69 Å². The average Bonchev–Trinajstić information content (AvgIpc) is 2.37. The average molecular weight is 263 g/mol. The van der Waals surface area contributed by atoms with E-state index in [-0.39, 0.29) is 18.0 Å². The molecule has 0 amide bonds. The fourth-order valence-electron chi connectivity index (χ4n) is 1.45. The minimum absolute atomic E-state index is 0.0276. The van der Waals surface area contributed by atoms with Crippen molar-refractivity contribution in [2.75, 3.05) is 5.73 Å². The standard InChI is InChI=1S/C12H10FN3O3/c13-10-6-9(16(17)18)4-5-11(10)19-7-8-2-1-3-12(14)15-8/h1-6H,7H2,(H2,14,15). The Morgan fingerprint density at radius 1 is 1.37 bits per heavy atom. The third kappa shape index (κ3) is 3.15. The van der Waals surface area contributed by atoms with Gasteiger partial charge in [-0.1, -0.05) is 6.07 Å². The molecule has 0 atom stereocenters. The highest BCUT2D eigenvalue weighted by molar-refractivity contribution is 5.37. The number of pyridine rings is 1. The molecule has 0 aliphatic carbocycles. The predicted molar refractivity (Wildman–Crippen MR) is 66.0 cm³/mol. The van der Waals surface area contributed by atoms with Gasteiger partial charge in [0.15, 0.2) is 11.6 Å². The molecule has 0 saturated heterocycles. The Labute approximate surface area is 107 Å². The third-order valence-corrected chi connectivity index (χ3v) is 2.33. The van der Waals surface area contributed by atoms with Gasteiger partial charge in [0, 0.05) is 6.07 Å². The number of hydrogen-bond donors (Lipinski definition) is 1. The first-order chi connectivity index (χ1) is 9.06. The molecule has 0 fully saturated rings. The quantitative estimate of drug-likeness (QED) is 0.675. The Balaban J connectivity index is 2.10. The fraction of sp³-hybridized carbons (Fsp3) is 0.0833. The number of nitro groups is 1. The molecule has 0 aliphatic heterocycles. The lowest BCUT2D eigenvalue weighted by molar-refractivity contribution is -0.385. The molecular formula is C12H10FN3O3. The zero-order chi connectivity index (χ0) is 13.8. The molecule has 0 unspecified atom stereocenters. The summed E-state index contributed by atoms with van der Waals surface area (Å²) in [6, 6.07) is 8.19. The summed E-state index contributed by atoms with van der Waals surface area (Å²) in [5, 5.41) is 10.5. The minimum Gasteiger partial charge on any atom is -0.484 e.